The molecular formula is C29H32N6O5. The molecule has 4 aromatic rings. The number of aromatic nitrogens is 4. The molecule has 11 heteroatoms. The first-order chi connectivity index (χ1) is 19.2. The molecule has 0 fully saturated rings. The molecule has 2 aromatic heterocycles. The van der Waals surface area contributed by atoms with Gasteiger partial charge in [-0.25, -0.2) is 14.8 Å². The number of nitrogens with zero attached hydrogens (tertiary/aromatic N) is 2. The first kappa shape index (κ1) is 26.8. The molecule has 208 valence electrons. The summed E-state index contributed by atoms with van der Waals surface area (Å²) in [4.78, 5) is 39.9. The van der Waals surface area contributed by atoms with Gasteiger partial charge >= 0.3 is 6.09 Å². The number of aryl methyl sites for hydroxylation is 1. The van der Waals surface area contributed by atoms with Gasteiger partial charge in [0.1, 0.15) is 17.7 Å². The van der Waals surface area contributed by atoms with E-state index >= 15 is 0 Å². The molecule has 1 aliphatic heterocycles. The normalized spacial score (nSPS) is 13.3. The molecule has 40 heavy (non-hydrogen) atoms. The van der Waals surface area contributed by atoms with Crippen molar-refractivity contribution in [1.29, 1.82) is 0 Å². The van der Waals surface area contributed by atoms with Crippen LogP contribution in [0.4, 0.5) is 4.79 Å². The van der Waals surface area contributed by atoms with Gasteiger partial charge in [-0.2, -0.15) is 0 Å². The van der Waals surface area contributed by atoms with Crippen molar-refractivity contribution < 1.29 is 23.8 Å². The van der Waals surface area contributed by atoms with Crippen LogP contribution in [-0.2, 0) is 16.0 Å². The number of nitrogens with one attached hydrogen (secondary N) is 4. The van der Waals surface area contributed by atoms with Gasteiger partial charge in [0.25, 0.3) is 0 Å². The third-order valence-electron chi connectivity index (χ3n) is 6.68. The van der Waals surface area contributed by atoms with E-state index in [1.165, 1.54) is 7.11 Å². The van der Waals surface area contributed by atoms with Crippen LogP contribution in [0.3, 0.4) is 0 Å². The number of rotatable bonds is 8. The monoisotopic (exact) mass is 544 g/mol. The lowest BCUT2D eigenvalue weighted by molar-refractivity contribution is -0.124. The predicted molar refractivity (Wildman–Crippen MR) is 148 cm³/mol. The SMILES string of the molecule is CCc1ncc(-c2ccc3c(c2)Oc2ccc(-c4cnc(C(C)NC(=O)C(NC(=O)OC)C(C)C)[nH]4)cc2O3)[nH]1. The van der Waals surface area contributed by atoms with E-state index in [0.717, 1.165) is 34.8 Å². The lowest BCUT2D eigenvalue weighted by Crippen LogP contribution is -2.50. The number of methoxy groups -OCH3 is 1. The van der Waals surface area contributed by atoms with E-state index in [4.69, 9.17) is 9.47 Å². The topological polar surface area (TPSA) is 143 Å². The highest BCUT2D eigenvalue weighted by Gasteiger charge is 2.27. The summed E-state index contributed by atoms with van der Waals surface area (Å²) in [6.07, 6.45) is 3.69. The summed E-state index contributed by atoms with van der Waals surface area (Å²) in [6, 6.07) is 10.2. The number of carbonyl (C=O) groups is 2. The zero-order valence-electron chi connectivity index (χ0n) is 23.0. The van der Waals surface area contributed by atoms with E-state index in [0.29, 0.717) is 28.8 Å². The fourth-order valence-corrected chi connectivity index (χ4v) is 4.40. The summed E-state index contributed by atoms with van der Waals surface area (Å²) in [5.41, 5.74) is 3.48. The van der Waals surface area contributed by atoms with E-state index < -0.39 is 18.2 Å². The van der Waals surface area contributed by atoms with Crippen LogP contribution in [-0.4, -0.2) is 45.1 Å². The maximum absolute atomic E-state index is 12.8. The van der Waals surface area contributed by atoms with Crippen LogP contribution < -0.4 is 20.1 Å². The van der Waals surface area contributed by atoms with Gasteiger partial charge in [0.15, 0.2) is 23.0 Å². The Morgan fingerprint density at radius 2 is 1.48 bits per heavy atom. The van der Waals surface area contributed by atoms with Crippen molar-refractivity contribution in [3.63, 3.8) is 0 Å². The van der Waals surface area contributed by atoms with Crippen LogP contribution in [0.2, 0.25) is 0 Å². The lowest BCUT2D eigenvalue weighted by Gasteiger charge is -2.22. The molecule has 2 aromatic carbocycles. The first-order valence-corrected chi connectivity index (χ1v) is 13.1. The number of aromatic amines is 2. The number of fused-ring (bicyclic) bond motifs is 2. The number of imidazole rings is 2. The molecule has 5 rings (SSSR count). The highest BCUT2D eigenvalue weighted by atomic mass is 16.6. The molecule has 0 spiro atoms. The zero-order valence-corrected chi connectivity index (χ0v) is 23.0. The Morgan fingerprint density at radius 1 is 0.875 bits per heavy atom. The van der Waals surface area contributed by atoms with Crippen LogP contribution >= 0.6 is 0 Å². The van der Waals surface area contributed by atoms with Crippen molar-refractivity contribution >= 4 is 12.0 Å². The lowest BCUT2D eigenvalue weighted by atomic mass is 10.0. The van der Waals surface area contributed by atoms with Gasteiger partial charge in [-0.3, -0.25) is 4.79 Å². The van der Waals surface area contributed by atoms with E-state index in [2.05, 4.69) is 42.2 Å². The van der Waals surface area contributed by atoms with E-state index in [9.17, 15) is 9.59 Å². The summed E-state index contributed by atoms with van der Waals surface area (Å²) in [7, 11) is 1.26. The van der Waals surface area contributed by atoms with Crippen molar-refractivity contribution in [2.24, 2.45) is 5.92 Å². The molecule has 11 nitrogen and oxygen atoms in total. The molecule has 0 saturated heterocycles. The molecule has 4 N–H and O–H groups in total. The maximum atomic E-state index is 12.8. The van der Waals surface area contributed by atoms with Crippen LogP contribution in [0.25, 0.3) is 22.5 Å². The number of carbonyl (C=O) groups excluding carboxylic acids is 2. The van der Waals surface area contributed by atoms with Gasteiger partial charge in [0.2, 0.25) is 5.91 Å². The van der Waals surface area contributed by atoms with Crippen molar-refractivity contribution in [1.82, 2.24) is 30.6 Å². The minimum atomic E-state index is -0.741. The second-order valence-electron chi connectivity index (χ2n) is 9.89. The van der Waals surface area contributed by atoms with E-state index in [-0.39, 0.29) is 11.8 Å². The summed E-state index contributed by atoms with van der Waals surface area (Å²) in [5.74, 6) is 3.46. The number of hydrogen-bond acceptors (Lipinski definition) is 7. The van der Waals surface area contributed by atoms with Crippen LogP contribution in [0, 0.1) is 5.92 Å². The fraction of sp³-hybridized carbons (Fsp3) is 0.310. The molecule has 2 amide bonds. The van der Waals surface area contributed by atoms with Gasteiger partial charge in [0, 0.05) is 17.5 Å². The number of amides is 2. The highest BCUT2D eigenvalue weighted by Crippen LogP contribution is 2.47. The first-order valence-electron chi connectivity index (χ1n) is 13.1. The summed E-state index contributed by atoms with van der Waals surface area (Å²) < 4.78 is 17.0. The third-order valence-corrected chi connectivity index (χ3v) is 6.68. The summed E-state index contributed by atoms with van der Waals surface area (Å²) >= 11 is 0. The van der Waals surface area contributed by atoms with Crippen LogP contribution in [0.1, 0.15) is 45.4 Å². The molecule has 0 aliphatic carbocycles. The average molecular weight is 545 g/mol. The predicted octanol–water partition coefficient (Wildman–Crippen LogP) is 5.49. The molecule has 0 bridgehead atoms. The third kappa shape index (κ3) is 5.49. The summed E-state index contributed by atoms with van der Waals surface area (Å²) in [5, 5.41) is 5.47. The van der Waals surface area contributed by atoms with Gasteiger partial charge in [-0.1, -0.05) is 20.8 Å². The van der Waals surface area contributed by atoms with Crippen molar-refractivity contribution in [3.05, 3.63) is 60.4 Å². The fourth-order valence-electron chi connectivity index (χ4n) is 4.40. The van der Waals surface area contributed by atoms with Crippen molar-refractivity contribution in [2.45, 2.75) is 46.2 Å². The van der Waals surface area contributed by atoms with Crippen LogP contribution in [0.15, 0.2) is 48.8 Å². The zero-order chi connectivity index (χ0) is 28.4. The van der Waals surface area contributed by atoms with Crippen molar-refractivity contribution in [3.8, 4) is 45.5 Å². The summed E-state index contributed by atoms with van der Waals surface area (Å²) in [6.45, 7) is 7.56. The minimum Gasteiger partial charge on any atom is -0.453 e. The Hall–Kier alpha value is -4.80. The molecule has 0 saturated carbocycles. The average Bonchev–Trinajstić information content (AvgIpc) is 3.64. The number of alkyl carbamates (subject to hydrolysis) is 1. The van der Waals surface area contributed by atoms with Crippen molar-refractivity contribution in [2.75, 3.05) is 7.11 Å². The molecule has 2 atom stereocenters. The number of ether oxygens (including phenoxy) is 3. The second kappa shape index (κ2) is 11.1. The number of hydrogen-bond donors (Lipinski definition) is 4. The molecule has 0 radical (unpaired) electrons. The van der Waals surface area contributed by atoms with Gasteiger partial charge in [-0.05, 0) is 49.2 Å². The molecule has 2 unspecified atom stereocenters. The largest absolute Gasteiger partial charge is 0.453 e. The Labute approximate surface area is 231 Å². The Bertz CT molecular complexity index is 1540. The molecule has 1 aliphatic rings. The van der Waals surface area contributed by atoms with E-state index in [1.807, 2.05) is 63.4 Å². The standard InChI is InChI=1S/C29H32N6O5/c1-6-25-30-13-19(33-25)17-7-9-21-23(11-17)39-22-10-8-18(12-24(22)40-21)20-14-31-27(34-20)16(4)32-28(36)26(15(2)3)35-29(37)38-5/h7-16,26H,6H2,1-5H3,(H,30,33)(H,31,34)(H,32,36)(H,35,37). The quantitative estimate of drug-likeness (QED) is 0.202. The maximum Gasteiger partial charge on any atom is 0.407 e. The Kier molecular flexibility index (Phi) is 7.45. The van der Waals surface area contributed by atoms with Gasteiger partial charge in [0.05, 0.1) is 36.9 Å². The molecular weight excluding hydrogens is 512 g/mol. The smallest absolute Gasteiger partial charge is 0.407 e. The minimum absolute atomic E-state index is 0.132. The Balaban J connectivity index is 1.28. The van der Waals surface area contributed by atoms with Gasteiger partial charge < -0.3 is 34.8 Å². The van der Waals surface area contributed by atoms with Crippen LogP contribution in [0.5, 0.6) is 23.0 Å². The number of H-pyrrole nitrogens is 2. The Morgan fingerprint density at radius 3 is 2.02 bits per heavy atom. The highest BCUT2D eigenvalue weighted by molar-refractivity contribution is 5.86. The molecule has 3 heterocycles. The van der Waals surface area contributed by atoms with E-state index in [1.54, 1.807) is 6.20 Å². The second-order valence-corrected chi connectivity index (χ2v) is 9.89. The number of benzene rings is 2. The van der Waals surface area contributed by atoms with Gasteiger partial charge in [-0.15, -0.1) is 0 Å².